The van der Waals surface area contributed by atoms with Crippen molar-refractivity contribution in [3.05, 3.63) is 41.7 Å². The predicted molar refractivity (Wildman–Crippen MR) is 64.3 cm³/mol. The van der Waals surface area contributed by atoms with E-state index in [4.69, 9.17) is 4.74 Å². The molecule has 0 amide bonds. The second-order valence-electron chi connectivity index (χ2n) is 3.28. The number of rotatable bonds is 5. The standard InChI is InChI=1S/C11H12N4OS/c1-17-11-14-12-10(13-15-11)8-16-7-9-5-3-2-4-6-9/h2-6H,7-8H2,1H3. The van der Waals surface area contributed by atoms with Gasteiger partial charge in [-0.15, -0.1) is 20.4 Å². The van der Waals surface area contributed by atoms with Crippen molar-refractivity contribution in [2.45, 2.75) is 18.4 Å². The van der Waals surface area contributed by atoms with E-state index < -0.39 is 0 Å². The van der Waals surface area contributed by atoms with Gasteiger partial charge in [0.15, 0.2) is 5.82 Å². The number of thioether (sulfide) groups is 1. The average molecular weight is 248 g/mol. The van der Waals surface area contributed by atoms with Gasteiger partial charge in [-0.25, -0.2) is 0 Å². The number of aromatic nitrogens is 4. The monoisotopic (exact) mass is 248 g/mol. The van der Waals surface area contributed by atoms with E-state index in [1.165, 1.54) is 11.8 Å². The molecule has 1 aromatic heterocycles. The smallest absolute Gasteiger partial charge is 0.229 e. The predicted octanol–water partition coefficient (Wildman–Crippen LogP) is 1.71. The van der Waals surface area contributed by atoms with Crippen molar-refractivity contribution in [1.82, 2.24) is 20.4 Å². The van der Waals surface area contributed by atoms with Crippen LogP contribution in [-0.4, -0.2) is 26.7 Å². The van der Waals surface area contributed by atoms with Crippen LogP contribution in [0.25, 0.3) is 0 Å². The van der Waals surface area contributed by atoms with Crippen LogP contribution in [0.4, 0.5) is 0 Å². The Balaban J connectivity index is 1.82. The minimum atomic E-state index is 0.323. The first kappa shape index (κ1) is 11.9. The summed E-state index contributed by atoms with van der Waals surface area (Å²) in [5, 5.41) is 16.2. The molecule has 6 heteroatoms. The molecule has 2 rings (SSSR count). The highest BCUT2D eigenvalue weighted by atomic mass is 32.2. The first-order valence-electron chi connectivity index (χ1n) is 5.10. The van der Waals surface area contributed by atoms with E-state index in [-0.39, 0.29) is 0 Å². The first-order valence-corrected chi connectivity index (χ1v) is 6.33. The molecular formula is C11H12N4OS. The number of nitrogens with zero attached hydrogens (tertiary/aromatic N) is 4. The first-order chi connectivity index (χ1) is 8.38. The van der Waals surface area contributed by atoms with Gasteiger partial charge < -0.3 is 4.74 Å². The van der Waals surface area contributed by atoms with Crippen molar-refractivity contribution in [2.75, 3.05) is 6.26 Å². The van der Waals surface area contributed by atoms with E-state index in [2.05, 4.69) is 20.4 Å². The maximum absolute atomic E-state index is 5.47. The lowest BCUT2D eigenvalue weighted by molar-refractivity contribution is 0.0998. The summed E-state index contributed by atoms with van der Waals surface area (Å²) in [4.78, 5) is 0. The Morgan fingerprint density at radius 3 is 2.35 bits per heavy atom. The van der Waals surface area contributed by atoms with E-state index >= 15 is 0 Å². The topological polar surface area (TPSA) is 60.8 Å². The fourth-order valence-electron chi connectivity index (χ4n) is 1.21. The Kier molecular flexibility index (Phi) is 4.40. The van der Waals surface area contributed by atoms with Gasteiger partial charge in [0, 0.05) is 0 Å². The normalized spacial score (nSPS) is 10.4. The van der Waals surface area contributed by atoms with E-state index in [9.17, 15) is 0 Å². The molecule has 1 aromatic carbocycles. The van der Waals surface area contributed by atoms with Crippen LogP contribution in [-0.2, 0) is 18.0 Å². The molecule has 0 fully saturated rings. The van der Waals surface area contributed by atoms with Crippen LogP contribution in [0.15, 0.2) is 35.5 Å². The maximum Gasteiger partial charge on any atom is 0.229 e. The van der Waals surface area contributed by atoms with Gasteiger partial charge >= 0.3 is 0 Å². The minimum absolute atomic E-state index is 0.323. The van der Waals surface area contributed by atoms with Crippen LogP contribution in [0.5, 0.6) is 0 Å². The van der Waals surface area contributed by atoms with Crippen molar-refractivity contribution >= 4 is 11.8 Å². The molecule has 0 unspecified atom stereocenters. The lowest BCUT2D eigenvalue weighted by Gasteiger charge is -2.02. The Hall–Kier alpha value is -1.53. The fraction of sp³-hybridized carbons (Fsp3) is 0.273. The summed E-state index contributed by atoms with van der Waals surface area (Å²) in [6, 6.07) is 9.95. The van der Waals surface area contributed by atoms with Gasteiger partial charge in [-0.2, -0.15) is 0 Å². The molecule has 17 heavy (non-hydrogen) atoms. The highest BCUT2D eigenvalue weighted by Crippen LogP contribution is 2.05. The van der Waals surface area contributed by atoms with Crippen LogP contribution in [0.1, 0.15) is 11.4 Å². The molecule has 0 spiro atoms. The van der Waals surface area contributed by atoms with Gasteiger partial charge in [-0.3, -0.25) is 0 Å². The Bertz CT molecular complexity index is 449. The third-order valence-electron chi connectivity index (χ3n) is 2.03. The van der Waals surface area contributed by atoms with Gasteiger partial charge in [-0.1, -0.05) is 42.1 Å². The molecule has 0 saturated heterocycles. The minimum Gasteiger partial charge on any atom is -0.369 e. The third-order valence-corrected chi connectivity index (χ3v) is 2.56. The van der Waals surface area contributed by atoms with E-state index in [0.717, 1.165) is 5.56 Å². The fourth-order valence-corrected chi connectivity index (χ4v) is 1.46. The van der Waals surface area contributed by atoms with Crippen molar-refractivity contribution in [2.24, 2.45) is 0 Å². The largest absolute Gasteiger partial charge is 0.369 e. The summed E-state index contributed by atoms with van der Waals surface area (Å²) >= 11 is 1.41. The number of hydrogen-bond donors (Lipinski definition) is 0. The van der Waals surface area contributed by atoms with Crippen molar-refractivity contribution in [3.63, 3.8) is 0 Å². The molecule has 5 nitrogen and oxygen atoms in total. The Morgan fingerprint density at radius 2 is 1.71 bits per heavy atom. The maximum atomic E-state index is 5.47. The highest BCUT2D eigenvalue weighted by Gasteiger charge is 2.00. The summed E-state index contributed by atoms with van der Waals surface area (Å²) in [5.41, 5.74) is 1.12. The van der Waals surface area contributed by atoms with E-state index in [1.54, 1.807) is 0 Å². The van der Waals surface area contributed by atoms with Crippen LogP contribution >= 0.6 is 11.8 Å². The lowest BCUT2D eigenvalue weighted by atomic mass is 10.2. The van der Waals surface area contributed by atoms with Crippen molar-refractivity contribution in [1.29, 1.82) is 0 Å². The molecular weight excluding hydrogens is 236 g/mol. The molecule has 0 bridgehead atoms. The molecule has 0 aliphatic carbocycles. The lowest BCUT2D eigenvalue weighted by Crippen LogP contribution is -2.04. The molecule has 0 aliphatic rings. The summed E-state index contributed by atoms with van der Waals surface area (Å²) in [6.07, 6.45) is 1.88. The van der Waals surface area contributed by atoms with Crippen LogP contribution in [0.3, 0.4) is 0 Å². The molecule has 0 N–H and O–H groups in total. The van der Waals surface area contributed by atoms with Gasteiger partial charge in [0.2, 0.25) is 5.16 Å². The van der Waals surface area contributed by atoms with E-state index in [1.807, 2.05) is 36.6 Å². The second kappa shape index (κ2) is 6.27. The summed E-state index contributed by atoms with van der Waals surface area (Å²) in [6.45, 7) is 0.859. The van der Waals surface area contributed by atoms with Gasteiger partial charge in [0.1, 0.15) is 6.61 Å². The zero-order chi connectivity index (χ0) is 11.9. The van der Waals surface area contributed by atoms with Crippen molar-refractivity contribution < 1.29 is 4.74 Å². The zero-order valence-corrected chi connectivity index (χ0v) is 10.2. The molecule has 0 atom stereocenters. The van der Waals surface area contributed by atoms with E-state index in [0.29, 0.717) is 24.2 Å². The highest BCUT2D eigenvalue weighted by molar-refractivity contribution is 7.98. The van der Waals surface area contributed by atoms with Gasteiger partial charge in [0.05, 0.1) is 6.61 Å². The van der Waals surface area contributed by atoms with Crippen LogP contribution in [0, 0.1) is 0 Å². The SMILES string of the molecule is CSc1nnc(COCc2ccccc2)nn1. The Morgan fingerprint density at radius 1 is 1.00 bits per heavy atom. The average Bonchev–Trinajstić information content (AvgIpc) is 2.41. The van der Waals surface area contributed by atoms with Gasteiger partial charge in [-0.05, 0) is 11.8 Å². The quantitative estimate of drug-likeness (QED) is 0.751. The Labute approximate surface area is 104 Å². The van der Waals surface area contributed by atoms with Gasteiger partial charge in [0.25, 0.3) is 0 Å². The number of hydrogen-bond acceptors (Lipinski definition) is 6. The van der Waals surface area contributed by atoms with Crippen molar-refractivity contribution in [3.8, 4) is 0 Å². The molecule has 2 aromatic rings. The summed E-state index contributed by atoms with van der Waals surface area (Å²) < 4.78 is 5.47. The third kappa shape index (κ3) is 3.76. The molecule has 0 aliphatic heterocycles. The number of ether oxygens (including phenoxy) is 1. The number of benzene rings is 1. The molecule has 1 heterocycles. The molecule has 0 radical (unpaired) electrons. The molecule has 88 valence electrons. The summed E-state index contributed by atoms with van der Waals surface area (Å²) in [5.74, 6) is 0.499. The van der Waals surface area contributed by atoms with Crippen LogP contribution in [0.2, 0.25) is 0 Å². The summed E-state index contributed by atoms with van der Waals surface area (Å²) in [7, 11) is 0. The van der Waals surface area contributed by atoms with Crippen LogP contribution < -0.4 is 0 Å². The zero-order valence-electron chi connectivity index (χ0n) is 9.41. The second-order valence-corrected chi connectivity index (χ2v) is 4.05. The molecule has 0 saturated carbocycles.